The summed E-state index contributed by atoms with van der Waals surface area (Å²) in [5.74, 6) is 0. The van der Waals surface area contributed by atoms with Crippen molar-refractivity contribution in [1.82, 2.24) is 4.98 Å². The van der Waals surface area contributed by atoms with E-state index >= 15 is 0 Å². The molecule has 0 bridgehead atoms. The molecule has 90 valence electrons. The SMILES string of the molecule is Clc1ccc2scc(NCc3ccccc3)c2n1. The third-order valence-corrected chi connectivity index (χ3v) is 3.86. The van der Waals surface area contributed by atoms with E-state index in [9.17, 15) is 0 Å². The fourth-order valence-electron chi connectivity index (χ4n) is 1.81. The van der Waals surface area contributed by atoms with Gasteiger partial charge in [-0.2, -0.15) is 0 Å². The van der Waals surface area contributed by atoms with Crippen LogP contribution in [0.4, 0.5) is 5.69 Å². The van der Waals surface area contributed by atoms with Crippen molar-refractivity contribution in [1.29, 1.82) is 0 Å². The second-order valence-electron chi connectivity index (χ2n) is 3.97. The van der Waals surface area contributed by atoms with Crippen molar-refractivity contribution in [2.24, 2.45) is 0 Å². The summed E-state index contributed by atoms with van der Waals surface area (Å²) in [7, 11) is 0. The van der Waals surface area contributed by atoms with Crippen LogP contribution in [-0.4, -0.2) is 4.98 Å². The second kappa shape index (κ2) is 4.96. The molecule has 0 saturated carbocycles. The minimum absolute atomic E-state index is 0.531. The summed E-state index contributed by atoms with van der Waals surface area (Å²) in [6, 6.07) is 14.1. The van der Waals surface area contributed by atoms with Crippen LogP contribution in [0.5, 0.6) is 0 Å². The van der Waals surface area contributed by atoms with Crippen molar-refractivity contribution in [3.8, 4) is 0 Å². The van der Waals surface area contributed by atoms with Crippen LogP contribution < -0.4 is 5.32 Å². The minimum atomic E-state index is 0.531. The van der Waals surface area contributed by atoms with E-state index in [0.29, 0.717) is 5.15 Å². The van der Waals surface area contributed by atoms with Crippen LogP contribution in [0.15, 0.2) is 47.8 Å². The zero-order chi connectivity index (χ0) is 12.4. The molecule has 2 aromatic heterocycles. The number of rotatable bonds is 3. The number of halogens is 1. The van der Waals surface area contributed by atoms with Crippen molar-refractivity contribution >= 4 is 38.8 Å². The molecule has 2 nitrogen and oxygen atoms in total. The van der Waals surface area contributed by atoms with Gasteiger partial charge in [0.05, 0.1) is 10.4 Å². The highest BCUT2D eigenvalue weighted by molar-refractivity contribution is 7.17. The van der Waals surface area contributed by atoms with Crippen LogP contribution in [0.2, 0.25) is 5.15 Å². The molecule has 1 aromatic carbocycles. The third kappa shape index (κ3) is 2.33. The first-order valence-electron chi connectivity index (χ1n) is 5.64. The first-order valence-corrected chi connectivity index (χ1v) is 6.90. The Labute approximate surface area is 114 Å². The fraction of sp³-hybridized carbons (Fsp3) is 0.0714. The Bertz CT molecular complexity index is 664. The number of hydrogen-bond acceptors (Lipinski definition) is 3. The predicted octanol–water partition coefficient (Wildman–Crippen LogP) is 4.56. The summed E-state index contributed by atoms with van der Waals surface area (Å²) >= 11 is 7.60. The molecule has 0 unspecified atom stereocenters. The Morgan fingerprint density at radius 1 is 1.11 bits per heavy atom. The Balaban J connectivity index is 1.85. The molecule has 4 heteroatoms. The summed E-state index contributed by atoms with van der Waals surface area (Å²) < 4.78 is 1.15. The molecular formula is C14H11ClN2S. The molecule has 0 fully saturated rings. The van der Waals surface area contributed by atoms with Gasteiger partial charge in [0.2, 0.25) is 0 Å². The summed E-state index contributed by atoms with van der Waals surface area (Å²) in [5, 5.41) is 6.01. The highest BCUT2D eigenvalue weighted by atomic mass is 35.5. The normalized spacial score (nSPS) is 10.7. The first-order chi connectivity index (χ1) is 8.83. The fourth-order valence-corrected chi connectivity index (χ4v) is 2.81. The Morgan fingerprint density at radius 3 is 2.78 bits per heavy atom. The number of hydrogen-bond donors (Lipinski definition) is 1. The number of thiophene rings is 1. The van der Waals surface area contributed by atoms with E-state index in [1.807, 2.05) is 30.3 Å². The van der Waals surface area contributed by atoms with Gasteiger partial charge < -0.3 is 5.32 Å². The number of anilines is 1. The van der Waals surface area contributed by atoms with Crippen molar-refractivity contribution in [2.45, 2.75) is 6.54 Å². The van der Waals surface area contributed by atoms with Crippen LogP contribution in [-0.2, 0) is 6.54 Å². The molecule has 0 aliphatic heterocycles. The Hall–Kier alpha value is -1.58. The molecule has 3 rings (SSSR count). The number of fused-ring (bicyclic) bond motifs is 1. The maximum atomic E-state index is 5.93. The predicted molar refractivity (Wildman–Crippen MR) is 78.4 cm³/mol. The molecule has 0 amide bonds. The molecule has 0 aliphatic rings. The van der Waals surface area contributed by atoms with Gasteiger partial charge in [0.15, 0.2) is 0 Å². The highest BCUT2D eigenvalue weighted by Gasteiger charge is 2.05. The molecule has 3 aromatic rings. The topological polar surface area (TPSA) is 24.9 Å². The van der Waals surface area contributed by atoms with Gasteiger partial charge in [-0.25, -0.2) is 4.98 Å². The lowest BCUT2D eigenvalue weighted by Gasteiger charge is -2.04. The van der Waals surface area contributed by atoms with Gasteiger partial charge in [-0.1, -0.05) is 41.9 Å². The number of pyridine rings is 1. The van der Waals surface area contributed by atoms with Crippen LogP contribution in [0, 0.1) is 0 Å². The minimum Gasteiger partial charge on any atom is -0.379 e. The van der Waals surface area contributed by atoms with Gasteiger partial charge in [-0.15, -0.1) is 11.3 Å². The molecule has 0 aliphatic carbocycles. The van der Waals surface area contributed by atoms with Crippen LogP contribution in [0.25, 0.3) is 10.2 Å². The zero-order valence-electron chi connectivity index (χ0n) is 9.56. The van der Waals surface area contributed by atoms with E-state index in [1.165, 1.54) is 5.56 Å². The lowest BCUT2D eigenvalue weighted by molar-refractivity contribution is 1.15. The average Bonchev–Trinajstić information content (AvgIpc) is 2.80. The number of nitrogens with zero attached hydrogens (tertiary/aromatic N) is 1. The van der Waals surface area contributed by atoms with Crippen molar-refractivity contribution in [3.63, 3.8) is 0 Å². The van der Waals surface area contributed by atoms with E-state index in [4.69, 9.17) is 11.6 Å². The lowest BCUT2D eigenvalue weighted by atomic mass is 10.2. The maximum Gasteiger partial charge on any atom is 0.129 e. The molecule has 0 radical (unpaired) electrons. The number of aromatic nitrogens is 1. The zero-order valence-corrected chi connectivity index (χ0v) is 11.1. The average molecular weight is 275 g/mol. The van der Waals surface area contributed by atoms with E-state index in [1.54, 1.807) is 11.3 Å². The van der Waals surface area contributed by atoms with Crippen LogP contribution >= 0.6 is 22.9 Å². The van der Waals surface area contributed by atoms with Gasteiger partial charge in [-0.3, -0.25) is 0 Å². The lowest BCUT2D eigenvalue weighted by Crippen LogP contribution is -1.98. The number of benzene rings is 1. The van der Waals surface area contributed by atoms with Gasteiger partial charge in [-0.05, 0) is 17.7 Å². The van der Waals surface area contributed by atoms with Gasteiger partial charge >= 0.3 is 0 Å². The van der Waals surface area contributed by atoms with Gasteiger partial charge in [0, 0.05) is 11.9 Å². The molecule has 2 heterocycles. The first kappa shape index (κ1) is 11.5. The maximum absolute atomic E-state index is 5.93. The van der Waals surface area contributed by atoms with Crippen molar-refractivity contribution < 1.29 is 0 Å². The summed E-state index contributed by atoms with van der Waals surface area (Å²) in [4.78, 5) is 4.36. The van der Waals surface area contributed by atoms with Crippen LogP contribution in [0.1, 0.15) is 5.56 Å². The molecule has 0 atom stereocenters. The standard InChI is InChI=1S/C14H11ClN2S/c15-13-7-6-12-14(17-13)11(9-18-12)16-8-10-4-2-1-3-5-10/h1-7,9,16H,8H2. The molecule has 0 spiro atoms. The van der Waals surface area contributed by atoms with Crippen molar-refractivity contribution in [3.05, 3.63) is 58.6 Å². The monoisotopic (exact) mass is 274 g/mol. The largest absolute Gasteiger partial charge is 0.379 e. The summed E-state index contributed by atoms with van der Waals surface area (Å²) in [6.07, 6.45) is 0. The smallest absolute Gasteiger partial charge is 0.129 e. The van der Waals surface area contributed by atoms with E-state index in [0.717, 1.165) is 22.4 Å². The highest BCUT2D eigenvalue weighted by Crippen LogP contribution is 2.30. The van der Waals surface area contributed by atoms with Crippen molar-refractivity contribution in [2.75, 3.05) is 5.32 Å². The van der Waals surface area contributed by atoms with E-state index in [2.05, 4.69) is 27.8 Å². The third-order valence-electron chi connectivity index (χ3n) is 2.71. The van der Waals surface area contributed by atoms with E-state index < -0.39 is 0 Å². The summed E-state index contributed by atoms with van der Waals surface area (Å²) in [6.45, 7) is 0.793. The van der Waals surface area contributed by atoms with E-state index in [-0.39, 0.29) is 0 Å². The summed E-state index contributed by atoms with van der Waals surface area (Å²) in [5.41, 5.74) is 3.24. The molecular weight excluding hydrogens is 264 g/mol. The van der Waals surface area contributed by atoms with Crippen LogP contribution in [0.3, 0.4) is 0 Å². The number of nitrogens with one attached hydrogen (secondary N) is 1. The van der Waals surface area contributed by atoms with Gasteiger partial charge in [0.1, 0.15) is 10.7 Å². The second-order valence-corrected chi connectivity index (χ2v) is 5.27. The quantitative estimate of drug-likeness (QED) is 0.708. The molecule has 0 saturated heterocycles. The Kier molecular flexibility index (Phi) is 3.17. The Morgan fingerprint density at radius 2 is 1.94 bits per heavy atom. The van der Waals surface area contributed by atoms with Gasteiger partial charge in [0.25, 0.3) is 0 Å². The molecule has 18 heavy (non-hydrogen) atoms. The molecule has 1 N–H and O–H groups in total.